The number of methoxy groups -OCH3 is 1. The number of aromatic carboxylic acids is 1. The van der Waals surface area contributed by atoms with Gasteiger partial charge in [0.15, 0.2) is 5.69 Å². The maximum Gasteiger partial charge on any atom is 0.358 e. The molecule has 0 aliphatic rings. The van der Waals surface area contributed by atoms with Crippen molar-refractivity contribution in [2.75, 3.05) is 7.11 Å². The van der Waals surface area contributed by atoms with Crippen LogP contribution in [0.25, 0.3) is 5.69 Å². The first-order valence-corrected chi connectivity index (χ1v) is 5.94. The van der Waals surface area contributed by atoms with Crippen molar-refractivity contribution in [3.05, 3.63) is 41.2 Å². The third kappa shape index (κ3) is 2.48. The predicted molar refractivity (Wildman–Crippen MR) is 68.4 cm³/mol. The Morgan fingerprint density at radius 1 is 1.42 bits per heavy atom. The number of nitrogens with zero attached hydrogens (tertiary/aromatic N) is 3. The van der Waals surface area contributed by atoms with Crippen LogP contribution in [-0.2, 0) is 17.8 Å². The Morgan fingerprint density at radius 2 is 2.16 bits per heavy atom. The number of para-hydroxylation sites is 1. The van der Waals surface area contributed by atoms with Gasteiger partial charge in [-0.05, 0) is 12.5 Å². The number of rotatable bonds is 5. The van der Waals surface area contributed by atoms with Crippen molar-refractivity contribution in [2.45, 2.75) is 20.0 Å². The molecule has 0 unspecified atom stereocenters. The molecule has 0 amide bonds. The minimum absolute atomic E-state index is 0.00489. The van der Waals surface area contributed by atoms with Crippen molar-refractivity contribution < 1.29 is 14.6 Å². The van der Waals surface area contributed by atoms with Gasteiger partial charge >= 0.3 is 5.97 Å². The highest BCUT2D eigenvalue weighted by Crippen LogP contribution is 2.18. The van der Waals surface area contributed by atoms with Crippen LogP contribution in [-0.4, -0.2) is 33.2 Å². The first-order chi connectivity index (χ1) is 9.19. The molecule has 6 heteroatoms. The smallest absolute Gasteiger partial charge is 0.358 e. The van der Waals surface area contributed by atoms with E-state index < -0.39 is 5.97 Å². The quantitative estimate of drug-likeness (QED) is 0.886. The molecule has 0 atom stereocenters. The van der Waals surface area contributed by atoms with Crippen LogP contribution >= 0.6 is 0 Å². The van der Waals surface area contributed by atoms with E-state index in [1.54, 1.807) is 11.8 Å². The van der Waals surface area contributed by atoms with Gasteiger partial charge in [0, 0.05) is 12.7 Å². The molecule has 0 aliphatic heterocycles. The summed E-state index contributed by atoms with van der Waals surface area (Å²) in [6, 6.07) is 7.56. The third-order valence-corrected chi connectivity index (χ3v) is 2.82. The Bertz CT molecular complexity index is 593. The molecule has 0 saturated carbocycles. The van der Waals surface area contributed by atoms with Crippen LogP contribution < -0.4 is 0 Å². The van der Waals surface area contributed by atoms with Gasteiger partial charge in [-0.15, -0.1) is 5.10 Å². The van der Waals surface area contributed by atoms with E-state index in [2.05, 4.69) is 10.3 Å². The zero-order valence-electron chi connectivity index (χ0n) is 10.8. The van der Waals surface area contributed by atoms with Crippen LogP contribution in [0.3, 0.4) is 0 Å². The average molecular weight is 261 g/mol. The van der Waals surface area contributed by atoms with E-state index in [1.807, 2.05) is 31.2 Å². The molecule has 2 rings (SSSR count). The molecule has 1 heterocycles. The van der Waals surface area contributed by atoms with Crippen molar-refractivity contribution in [3.63, 3.8) is 0 Å². The third-order valence-electron chi connectivity index (χ3n) is 2.82. The summed E-state index contributed by atoms with van der Waals surface area (Å²) < 4.78 is 6.71. The lowest BCUT2D eigenvalue weighted by atomic mass is 10.1. The molecule has 1 N–H and O–H groups in total. The molecule has 0 fully saturated rings. The van der Waals surface area contributed by atoms with Crippen LogP contribution in [0.2, 0.25) is 0 Å². The number of benzene rings is 1. The van der Waals surface area contributed by atoms with Gasteiger partial charge in [-0.1, -0.05) is 30.3 Å². The molecular weight excluding hydrogens is 246 g/mol. The summed E-state index contributed by atoms with van der Waals surface area (Å²) in [6.45, 7) is 2.31. The van der Waals surface area contributed by atoms with Crippen molar-refractivity contribution in [1.29, 1.82) is 0 Å². The van der Waals surface area contributed by atoms with Crippen LogP contribution in [0, 0.1) is 0 Å². The van der Waals surface area contributed by atoms with E-state index in [0.29, 0.717) is 18.7 Å². The van der Waals surface area contributed by atoms with E-state index in [-0.39, 0.29) is 5.69 Å². The Hall–Kier alpha value is -2.21. The molecule has 1 aromatic heterocycles. The van der Waals surface area contributed by atoms with E-state index in [0.717, 1.165) is 11.3 Å². The molecular formula is C13H15N3O3. The second-order valence-electron chi connectivity index (χ2n) is 4.02. The first kappa shape index (κ1) is 13.2. The van der Waals surface area contributed by atoms with E-state index in [1.165, 1.54) is 0 Å². The Balaban J connectivity index is 2.56. The molecule has 2 aromatic rings. The van der Waals surface area contributed by atoms with Gasteiger partial charge in [-0.25, -0.2) is 9.48 Å². The highest BCUT2D eigenvalue weighted by atomic mass is 16.5. The predicted octanol–water partition coefficient (Wildman–Crippen LogP) is 1.67. The number of aromatic nitrogens is 3. The fourth-order valence-corrected chi connectivity index (χ4v) is 1.97. The fraction of sp³-hybridized carbons (Fsp3) is 0.308. The first-order valence-electron chi connectivity index (χ1n) is 5.94. The van der Waals surface area contributed by atoms with Crippen molar-refractivity contribution in [2.24, 2.45) is 0 Å². The largest absolute Gasteiger partial charge is 0.476 e. The number of ether oxygens (including phenoxy) is 1. The molecule has 0 saturated heterocycles. The van der Waals surface area contributed by atoms with Gasteiger partial charge in [-0.3, -0.25) is 0 Å². The summed E-state index contributed by atoms with van der Waals surface area (Å²) in [7, 11) is 1.61. The molecule has 6 nitrogen and oxygen atoms in total. The number of carboxylic acids is 1. The second-order valence-corrected chi connectivity index (χ2v) is 4.02. The molecule has 1 aromatic carbocycles. The van der Waals surface area contributed by atoms with Crippen LogP contribution in [0.1, 0.15) is 28.7 Å². The number of hydrogen-bond donors (Lipinski definition) is 1. The summed E-state index contributed by atoms with van der Waals surface area (Å²) in [4.78, 5) is 11.1. The highest BCUT2D eigenvalue weighted by molar-refractivity contribution is 5.86. The minimum atomic E-state index is -1.06. The van der Waals surface area contributed by atoms with Crippen LogP contribution in [0.5, 0.6) is 0 Å². The summed E-state index contributed by atoms with van der Waals surface area (Å²) in [6.07, 6.45) is 0.538. The van der Waals surface area contributed by atoms with E-state index in [9.17, 15) is 4.79 Å². The average Bonchev–Trinajstić information content (AvgIpc) is 2.83. The standard InChI is InChI=1S/C13H15N3O3/c1-3-10-12(13(17)18)14-15-16(10)11-7-5-4-6-9(11)8-19-2/h4-7H,3,8H2,1-2H3,(H,17,18). The fourth-order valence-electron chi connectivity index (χ4n) is 1.97. The molecule has 0 bridgehead atoms. The molecule has 0 radical (unpaired) electrons. The highest BCUT2D eigenvalue weighted by Gasteiger charge is 2.19. The summed E-state index contributed by atoms with van der Waals surface area (Å²) >= 11 is 0. The molecule has 0 aliphatic carbocycles. The summed E-state index contributed by atoms with van der Waals surface area (Å²) in [5, 5.41) is 16.8. The number of carbonyl (C=O) groups is 1. The maximum absolute atomic E-state index is 11.1. The normalized spacial score (nSPS) is 10.6. The van der Waals surface area contributed by atoms with Gasteiger partial charge in [-0.2, -0.15) is 0 Å². The number of hydrogen-bond acceptors (Lipinski definition) is 4. The molecule has 100 valence electrons. The van der Waals surface area contributed by atoms with Gasteiger partial charge in [0.2, 0.25) is 0 Å². The lowest BCUT2D eigenvalue weighted by Gasteiger charge is -2.10. The van der Waals surface area contributed by atoms with Crippen LogP contribution in [0.4, 0.5) is 0 Å². The zero-order chi connectivity index (χ0) is 13.8. The zero-order valence-corrected chi connectivity index (χ0v) is 10.8. The van der Waals surface area contributed by atoms with Gasteiger partial charge in [0.05, 0.1) is 18.0 Å². The van der Waals surface area contributed by atoms with Gasteiger partial charge in [0.25, 0.3) is 0 Å². The number of carboxylic acid groups (broad SMARTS) is 1. The lowest BCUT2D eigenvalue weighted by Crippen LogP contribution is -2.08. The Morgan fingerprint density at radius 3 is 2.79 bits per heavy atom. The monoisotopic (exact) mass is 261 g/mol. The van der Waals surface area contributed by atoms with Crippen molar-refractivity contribution >= 4 is 5.97 Å². The van der Waals surface area contributed by atoms with Gasteiger partial charge < -0.3 is 9.84 Å². The maximum atomic E-state index is 11.1. The van der Waals surface area contributed by atoms with Gasteiger partial charge in [0.1, 0.15) is 0 Å². The van der Waals surface area contributed by atoms with Crippen molar-refractivity contribution in [3.8, 4) is 5.69 Å². The van der Waals surface area contributed by atoms with E-state index in [4.69, 9.17) is 9.84 Å². The second kappa shape index (κ2) is 5.62. The summed E-state index contributed by atoms with van der Waals surface area (Å²) in [5.41, 5.74) is 2.30. The van der Waals surface area contributed by atoms with Crippen LogP contribution in [0.15, 0.2) is 24.3 Å². The summed E-state index contributed by atoms with van der Waals surface area (Å²) in [5.74, 6) is -1.06. The minimum Gasteiger partial charge on any atom is -0.476 e. The van der Waals surface area contributed by atoms with Crippen molar-refractivity contribution in [1.82, 2.24) is 15.0 Å². The Labute approximate surface area is 110 Å². The lowest BCUT2D eigenvalue weighted by molar-refractivity contribution is 0.0689. The molecule has 19 heavy (non-hydrogen) atoms. The SMILES string of the molecule is CCc1c(C(=O)O)nnn1-c1ccccc1COC. The van der Waals surface area contributed by atoms with E-state index >= 15 is 0 Å². The molecule has 0 spiro atoms. The Kier molecular flexibility index (Phi) is 3.91. The topological polar surface area (TPSA) is 77.2 Å².